The number of nitrogens with zero attached hydrogens (tertiary/aromatic N) is 4. The van der Waals surface area contributed by atoms with Crippen LogP contribution < -0.4 is 4.72 Å². The Bertz CT molecular complexity index is 1190. The molecule has 1 aliphatic rings. The van der Waals surface area contributed by atoms with Crippen molar-refractivity contribution in [3.8, 4) is 0 Å². The smallest absolute Gasteiger partial charge is 0.264 e. The zero-order valence-electron chi connectivity index (χ0n) is 14.8. The highest BCUT2D eigenvalue weighted by Gasteiger charge is 2.38. The van der Waals surface area contributed by atoms with Crippen LogP contribution in [0.15, 0.2) is 82.1 Å². The molecular formula is C19H13N5O4S. The van der Waals surface area contributed by atoms with E-state index in [0.717, 1.165) is 0 Å². The number of hydrogen-bond acceptors (Lipinski definition) is 8. The van der Waals surface area contributed by atoms with E-state index in [-0.39, 0.29) is 10.8 Å². The predicted octanol–water partition coefficient (Wildman–Crippen LogP) is 2.81. The Labute approximate surface area is 165 Å². The van der Waals surface area contributed by atoms with E-state index in [4.69, 9.17) is 0 Å². The number of fused-ring (bicyclic) bond motifs is 1. The van der Waals surface area contributed by atoms with Crippen molar-refractivity contribution in [2.75, 3.05) is 4.72 Å². The average molecular weight is 407 g/mol. The summed E-state index contributed by atoms with van der Waals surface area (Å²) in [6.45, 7) is 0. The molecule has 0 aliphatic heterocycles. The van der Waals surface area contributed by atoms with Crippen LogP contribution in [0.1, 0.15) is 20.7 Å². The predicted molar refractivity (Wildman–Crippen MR) is 103 cm³/mol. The maximum absolute atomic E-state index is 12.4. The summed E-state index contributed by atoms with van der Waals surface area (Å²) in [6.07, 6.45) is 2.83. The van der Waals surface area contributed by atoms with Crippen molar-refractivity contribution in [2.24, 2.45) is 10.2 Å². The molecule has 10 heteroatoms. The topological polar surface area (TPSA) is 131 Å². The molecule has 9 nitrogen and oxygen atoms in total. The van der Waals surface area contributed by atoms with Crippen LogP contribution >= 0.6 is 0 Å². The third kappa shape index (κ3) is 3.65. The van der Waals surface area contributed by atoms with Gasteiger partial charge < -0.3 is 0 Å². The Hall–Kier alpha value is -3.79. The number of anilines is 1. The van der Waals surface area contributed by atoms with Gasteiger partial charge in [0.1, 0.15) is 0 Å². The number of benzene rings is 2. The minimum atomic E-state index is -3.87. The van der Waals surface area contributed by atoms with E-state index >= 15 is 0 Å². The third-order valence-corrected chi connectivity index (χ3v) is 5.53. The molecule has 29 heavy (non-hydrogen) atoms. The number of Topliss-reactive ketones (excluding diaryl/α,β-unsaturated/α-hetero) is 2. The van der Waals surface area contributed by atoms with Gasteiger partial charge in [-0.25, -0.2) is 23.1 Å². The quantitative estimate of drug-likeness (QED) is 0.511. The van der Waals surface area contributed by atoms with Crippen molar-refractivity contribution >= 4 is 33.2 Å². The van der Waals surface area contributed by atoms with E-state index in [2.05, 4.69) is 24.9 Å². The largest absolute Gasteiger partial charge is 0.291 e. The van der Waals surface area contributed by atoms with Crippen molar-refractivity contribution in [1.29, 1.82) is 0 Å². The summed E-state index contributed by atoms with van der Waals surface area (Å²) >= 11 is 0. The van der Waals surface area contributed by atoms with Gasteiger partial charge in [0, 0.05) is 23.5 Å². The van der Waals surface area contributed by atoms with Crippen molar-refractivity contribution in [1.82, 2.24) is 9.97 Å². The fourth-order valence-electron chi connectivity index (χ4n) is 2.78. The molecule has 144 valence electrons. The number of aromatic nitrogens is 2. The highest BCUT2D eigenvalue weighted by molar-refractivity contribution is 7.92. The number of carbonyl (C=O) groups is 2. The minimum Gasteiger partial charge on any atom is -0.291 e. The molecule has 0 saturated carbocycles. The zero-order valence-corrected chi connectivity index (χ0v) is 15.6. The highest BCUT2D eigenvalue weighted by atomic mass is 32.2. The molecule has 2 aromatic carbocycles. The standard InChI is InChI=1S/C19H13N5O4S/c25-17-14-4-1-2-5-15(14)18(26)16(17)23-22-12-6-8-13(9-7-12)29(27,28)24-19-20-10-3-11-21-19/h1-11,16H,(H,20,21,24). The van der Waals surface area contributed by atoms with Crippen LogP contribution in [0.4, 0.5) is 11.6 Å². The SMILES string of the molecule is O=C1c2ccccc2C(=O)C1N=Nc1ccc(S(=O)(=O)Nc2ncccn2)cc1. The summed E-state index contributed by atoms with van der Waals surface area (Å²) in [5, 5.41) is 7.79. The fourth-order valence-corrected chi connectivity index (χ4v) is 3.74. The van der Waals surface area contributed by atoms with Crippen LogP contribution in [0.2, 0.25) is 0 Å². The number of rotatable bonds is 5. The Kier molecular flexibility index (Phi) is 4.69. The Balaban J connectivity index is 1.50. The molecule has 4 rings (SSSR count). The molecule has 0 fully saturated rings. The number of hydrogen-bond donors (Lipinski definition) is 1. The average Bonchev–Trinajstić information content (AvgIpc) is 2.98. The van der Waals surface area contributed by atoms with Crippen LogP contribution in [0.3, 0.4) is 0 Å². The lowest BCUT2D eigenvalue weighted by Crippen LogP contribution is -2.18. The van der Waals surface area contributed by atoms with Gasteiger partial charge in [-0.05, 0) is 30.3 Å². The molecule has 0 radical (unpaired) electrons. The normalized spacial score (nSPS) is 14.3. The highest BCUT2D eigenvalue weighted by Crippen LogP contribution is 2.26. The fraction of sp³-hybridized carbons (Fsp3) is 0.0526. The van der Waals surface area contributed by atoms with E-state index < -0.39 is 27.6 Å². The van der Waals surface area contributed by atoms with Gasteiger partial charge in [0.2, 0.25) is 5.95 Å². The molecule has 1 N–H and O–H groups in total. The molecule has 1 aromatic heterocycles. The second-order valence-corrected chi connectivity index (χ2v) is 7.75. The summed E-state index contributed by atoms with van der Waals surface area (Å²) in [7, 11) is -3.87. The van der Waals surface area contributed by atoms with E-state index in [9.17, 15) is 18.0 Å². The third-order valence-electron chi connectivity index (χ3n) is 4.18. The molecule has 3 aromatic rings. The molecule has 1 heterocycles. The molecule has 0 saturated heterocycles. The van der Waals surface area contributed by atoms with Gasteiger partial charge >= 0.3 is 0 Å². The van der Waals surface area contributed by atoms with E-state index in [0.29, 0.717) is 16.8 Å². The van der Waals surface area contributed by atoms with E-state index in [1.807, 2.05) is 0 Å². The van der Waals surface area contributed by atoms with Crippen molar-refractivity contribution in [3.05, 3.63) is 78.1 Å². The first-order valence-corrected chi connectivity index (χ1v) is 9.92. The number of azo groups is 1. The first-order valence-electron chi connectivity index (χ1n) is 8.44. The van der Waals surface area contributed by atoms with Crippen molar-refractivity contribution < 1.29 is 18.0 Å². The first kappa shape index (κ1) is 18.6. The molecule has 0 bridgehead atoms. The summed E-state index contributed by atoms with van der Waals surface area (Å²) < 4.78 is 27.0. The van der Waals surface area contributed by atoms with Gasteiger partial charge in [-0.15, -0.1) is 0 Å². The summed E-state index contributed by atoms with van der Waals surface area (Å²) in [4.78, 5) is 32.2. The zero-order chi connectivity index (χ0) is 20.4. The lowest BCUT2D eigenvalue weighted by Gasteiger charge is -2.06. The molecule has 1 aliphatic carbocycles. The Morgan fingerprint density at radius 2 is 1.41 bits per heavy atom. The van der Waals surface area contributed by atoms with Crippen molar-refractivity contribution in [3.63, 3.8) is 0 Å². The van der Waals surface area contributed by atoms with E-state index in [1.54, 1.807) is 30.3 Å². The summed E-state index contributed by atoms with van der Waals surface area (Å²) in [5.74, 6) is -0.852. The minimum absolute atomic E-state index is 0.0238. The molecule has 0 spiro atoms. The van der Waals surface area contributed by atoms with Gasteiger partial charge in [0.05, 0.1) is 10.6 Å². The Morgan fingerprint density at radius 3 is 2.00 bits per heavy atom. The van der Waals surface area contributed by atoms with Crippen LogP contribution in [0.5, 0.6) is 0 Å². The molecule has 0 atom stereocenters. The second kappa shape index (κ2) is 7.32. The number of nitrogens with one attached hydrogen (secondary N) is 1. The van der Waals surface area contributed by atoms with Crippen LogP contribution in [-0.2, 0) is 10.0 Å². The van der Waals surface area contributed by atoms with Crippen molar-refractivity contribution in [2.45, 2.75) is 10.9 Å². The number of ketones is 2. The lowest BCUT2D eigenvalue weighted by atomic mass is 10.1. The second-order valence-electron chi connectivity index (χ2n) is 6.06. The lowest BCUT2D eigenvalue weighted by molar-refractivity contribution is 0.0891. The Morgan fingerprint density at radius 1 is 0.828 bits per heavy atom. The van der Waals surface area contributed by atoms with Gasteiger partial charge in [-0.2, -0.15) is 10.2 Å². The van der Waals surface area contributed by atoms with Gasteiger partial charge in [0.25, 0.3) is 10.0 Å². The molecular weight excluding hydrogens is 394 g/mol. The maximum Gasteiger partial charge on any atom is 0.264 e. The monoisotopic (exact) mass is 407 g/mol. The van der Waals surface area contributed by atoms with Gasteiger partial charge in [0.15, 0.2) is 17.6 Å². The maximum atomic E-state index is 12.4. The van der Waals surface area contributed by atoms with Crippen LogP contribution in [-0.4, -0.2) is 36.0 Å². The summed E-state index contributed by atoms with van der Waals surface area (Å²) in [6, 6.07) is 12.3. The van der Waals surface area contributed by atoms with Crippen LogP contribution in [0, 0.1) is 0 Å². The van der Waals surface area contributed by atoms with Gasteiger partial charge in [-0.3, -0.25) is 9.59 Å². The van der Waals surface area contributed by atoms with Gasteiger partial charge in [-0.1, -0.05) is 24.3 Å². The van der Waals surface area contributed by atoms with E-state index in [1.165, 1.54) is 36.7 Å². The van der Waals surface area contributed by atoms with Crippen LogP contribution in [0.25, 0.3) is 0 Å². The first-order chi connectivity index (χ1) is 14.0. The summed E-state index contributed by atoms with van der Waals surface area (Å²) in [5.41, 5.74) is 0.964. The molecule has 0 unspecified atom stereocenters. The number of carbonyl (C=O) groups excluding carboxylic acids is 2. The molecule has 0 amide bonds. The number of sulfonamides is 1.